The molecule has 12 heteroatoms. The molecule has 44 heavy (non-hydrogen) atoms. The molecule has 11 nitrogen and oxygen atoms in total. The number of pyridine rings is 1. The molecule has 4 rings (SSSR count). The minimum atomic E-state index is -3.11. The Hall–Kier alpha value is -5.28. The van der Waals surface area contributed by atoms with Crippen LogP contribution in [0.5, 0.6) is 0 Å². The first kappa shape index (κ1) is 31.7. The van der Waals surface area contributed by atoms with Gasteiger partial charge in [-0.1, -0.05) is 17.9 Å². The fourth-order valence-corrected chi connectivity index (χ4v) is 5.11. The van der Waals surface area contributed by atoms with Gasteiger partial charge in [0, 0.05) is 53.1 Å². The zero-order valence-electron chi connectivity index (χ0n) is 25.2. The van der Waals surface area contributed by atoms with Gasteiger partial charge in [0.25, 0.3) is 11.8 Å². The second kappa shape index (κ2) is 12.9. The van der Waals surface area contributed by atoms with Crippen LogP contribution in [-0.2, 0) is 21.5 Å². The summed E-state index contributed by atoms with van der Waals surface area (Å²) >= 11 is 0. The van der Waals surface area contributed by atoms with Gasteiger partial charge in [0.2, 0.25) is 0 Å². The Bertz CT molecular complexity index is 1920. The fourth-order valence-electron chi connectivity index (χ4n) is 3.94. The van der Waals surface area contributed by atoms with E-state index in [1.807, 2.05) is 6.92 Å². The summed E-state index contributed by atoms with van der Waals surface area (Å²) in [6.07, 6.45) is 3.57. The third-order valence-electron chi connectivity index (χ3n) is 5.89. The average Bonchev–Trinajstić information content (AvgIpc) is 3.29. The summed E-state index contributed by atoms with van der Waals surface area (Å²) in [5.41, 5.74) is 2.73. The molecule has 1 atom stereocenters. The highest BCUT2D eigenvalue weighted by Crippen LogP contribution is 2.19. The molecule has 0 saturated carbocycles. The van der Waals surface area contributed by atoms with Crippen LogP contribution in [0.2, 0.25) is 0 Å². The molecule has 2 heterocycles. The standard InChI is InChI=1S/C32H32N6O5S/c1-21-16-28(38(5)36-21)30(40)34-26-9-7-8-22(18-26)10-11-23-17-24(20-33-19-23)29(39)37-44(6,42)27-14-12-25(13-15-27)35-31(41)43-32(2,3)4/h7-9,12-20H,1-6H3,(H,34,40)(H,35,41). The lowest BCUT2D eigenvalue weighted by molar-refractivity contribution is 0.0635. The van der Waals surface area contributed by atoms with Crippen molar-refractivity contribution < 1.29 is 23.3 Å². The summed E-state index contributed by atoms with van der Waals surface area (Å²) in [7, 11) is -1.41. The van der Waals surface area contributed by atoms with E-state index in [-0.39, 0.29) is 11.5 Å². The number of carbonyl (C=O) groups excluding carboxylic acids is 3. The molecule has 0 aliphatic rings. The van der Waals surface area contributed by atoms with Crippen LogP contribution in [-0.4, -0.2) is 48.7 Å². The normalized spacial score (nSPS) is 12.2. The average molecular weight is 613 g/mol. The SMILES string of the molecule is Cc1cc(C(=O)Nc2cccc(C#Cc3cncc(C(=O)N=S(C)(=O)c4ccc(NC(=O)OC(C)(C)C)cc4)c3)c2)n(C)n1. The second-order valence-electron chi connectivity index (χ2n) is 10.9. The minimum Gasteiger partial charge on any atom is -0.444 e. The number of nitrogens with zero attached hydrogens (tertiary/aromatic N) is 4. The van der Waals surface area contributed by atoms with E-state index in [9.17, 15) is 18.6 Å². The number of carbonyl (C=O) groups is 3. The number of nitrogens with one attached hydrogen (secondary N) is 2. The maximum Gasteiger partial charge on any atom is 0.412 e. The van der Waals surface area contributed by atoms with Crippen molar-refractivity contribution in [1.29, 1.82) is 0 Å². The van der Waals surface area contributed by atoms with Crippen LogP contribution in [0, 0.1) is 18.8 Å². The van der Waals surface area contributed by atoms with E-state index in [2.05, 4.69) is 36.9 Å². The summed E-state index contributed by atoms with van der Waals surface area (Å²) < 4.78 is 24.0. The zero-order valence-corrected chi connectivity index (χ0v) is 26.0. The van der Waals surface area contributed by atoms with Crippen molar-refractivity contribution in [1.82, 2.24) is 14.8 Å². The molecule has 0 saturated heterocycles. The van der Waals surface area contributed by atoms with Crippen molar-refractivity contribution in [2.45, 2.75) is 38.2 Å². The lowest BCUT2D eigenvalue weighted by Crippen LogP contribution is -2.27. The molecule has 0 aliphatic heterocycles. The Kier molecular flexibility index (Phi) is 9.30. The number of anilines is 2. The van der Waals surface area contributed by atoms with Gasteiger partial charge in [-0.3, -0.25) is 24.6 Å². The van der Waals surface area contributed by atoms with Crippen molar-refractivity contribution in [3.05, 3.63) is 101 Å². The van der Waals surface area contributed by atoms with Crippen LogP contribution >= 0.6 is 0 Å². The van der Waals surface area contributed by atoms with Gasteiger partial charge in [0.1, 0.15) is 11.3 Å². The highest BCUT2D eigenvalue weighted by Gasteiger charge is 2.17. The Balaban J connectivity index is 1.46. The van der Waals surface area contributed by atoms with Crippen molar-refractivity contribution in [2.24, 2.45) is 11.4 Å². The van der Waals surface area contributed by atoms with Gasteiger partial charge >= 0.3 is 6.09 Å². The van der Waals surface area contributed by atoms with E-state index < -0.39 is 27.3 Å². The van der Waals surface area contributed by atoms with E-state index in [0.717, 1.165) is 5.69 Å². The molecule has 0 radical (unpaired) electrons. The number of aromatic nitrogens is 3. The molecule has 2 N–H and O–H groups in total. The number of rotatable bonds is 5. The molecular weight excluding hydrogens is 580 g/mol. The summed E-state index contributed by atoms with van der Waals surface area (Å²) in [5.74, 6) is 4.97. The third kappa shape index (κ3) is 8.62. The molecule has 1 unspecified atom stereocenters. The number of ether oxygens (including phenoxy) is 1. The van der Waals surface area contributed by atoms with Gasteiger partial charge in [0.05, 0.1) is 21.0 Å². The van der Waals surface area contributed by atoms with E-state index in [4.69, 9.17) is 4.74 Å². The van der Waals surface area contributed by atoms with E-state index in [1.165, 1.54) is 41.5 Å². The van der Waals surface area contributed by atoms with Gasteiger partial charge in [0.15, 0.2) is 0 Å². The quantitative estimate of drug-likeness (QED) is 0.286. The lowest BCUT2D eigenvalue weighted by Gasteiger charge is -2.19. The van der Waals surface area contributed by atoms with Gasteiger partial charge in [-0.25, -0.2) is 9.00 Å². The number of hydrogen-bond acceptors (Lipinski definition) is 7. The zero-order chi connectivity index (χ0) is 32.1. The van der Waals surface area contributed by atoms with Crippen molar-refractivity contribution in [3.8, 4) is 11.8 Å². The molecule has 0 spiro atoms. The predicted octanol–water partition coefficient (Wildman–Crippen LogP) is 5.42. The highest BCUT2D eigenvalue weighted by molar-refractivity contribution is 7.93. The molecule has 0 fully saturated rings. The van der Waals surface area contributed by atoms with Crippen LogP contribution in [0.3, 0.4) is 0 Å². The third-order valence-corrected chi connectivity index (χ3v) is 7.55. The van der Waals surface area contributed by atoms with E-state index in [0.29, 0.717) is 33.1 Å². The highest BCUT2D eigenvalue weighted by atomic mass is 32.2. The van der Waals surface area contributed by atoms with Crippen LogP contribution in [0.25, 0.3) is 0 Å². The molecule has 0 aliphatic carbocycles. The maximum absolute atomic E-state index is 13.3. The molecule has 226 valence electrons. The van der Waals surface area contributed by atoms with Gasteiger partial charge < -0.3 is 10.1 Å². The topological polar surface area (TPSA) is 145 Å². The molecular formula is C32H32N6O5S. The Morgan fingerprint density at radius 3 is 2.30 bits per heavy atom. The molecule has 4 aromatic rings. The smallest absolute Gasteiger partial charge is 0.412 e. The molecule has 3 amide bonds. The monoisotopic (exact) mass is 612 g/mol. The van der Waals surface area contributed by atoms with Crippen LogP contribution < -0.4 is 10.6 Å². The first-order valence-electron chi connectivity index (χ1n) is 13.4. The molecule has 2 aromatic carbocycles. The summed E-state index contributed by atoms with van der Waals surface area (Å²) in [6.45, 7) is 7.08. The largest absolute Gasteiger partial charge is 0.444 e. The molecule has 2 aromatic heterocycles. The van der Waals surface area contributed by atoms with E-state index in [1.54, 1.807) is 70.3 Å². The summed E-state index contributed by atoms with van der Waals surface area (Å²) in [5, 5.41) is 9.63. The van der Waals surface area contributed by atoms with Gasteiger partial charge in [-0.15, -0.1) is 0 Å². The number of benzene rings is 2. The van der Waals surface area contributed by atoms with Crippen molar-refractivity contribution in [2.75, 3.05) is 16.9 Å². The lowest BCUT2D eigenvalue weighted by atomic mass is 10.1. The fraction of sp³-hybridized carbons (Fsp3) is 0.219. The minimum absolute atomic E-state index is 0.127. The molecule has 0 bridgehead atoms. The van der Waals surface area contributed by atoms with Crippen molar-refractivity contribution >= 4 is 39.0 Å². The van der Waals surface area contributed by atoms with Crippen molar-refractivity contribution in [3.63, 3.8) is 0 Å². The second-order valence-corrected chi connectivity index (χ2v) is 13.2. The maximum atomic E-state index is 13.3. The summed E-state index contributed by atoms with van der Waals surface area (Å²) in [6, 6.07) is 16.4. The van der Waals surface area contributed by atoms with Crippen LogP contribution in [0.4, 0.5) is 16.2 Å². The van der Waals surface area contributed by atoms with Crippen LogP contribution in [0.1, 0.15) is 58.4 Å². The number of amides is 3. The Labute approximate surface area is 256 Å². The predicted molar refractivity (Wildman–Crippen MR) is 168 cm³/mol. The van der Waals surface area contributed by atoms with Gasteiger partial charge in [-0.2, -0.15) is 9.46 Å². The first-order chi connectivity index (χ1) is 20.7. The Morgan fingerprint density at radius 2 is 1.64 bits per heavy atom. The number of hydrogen-bond donors (Lipinski definition) is 2. The Morgan fingerprint density at radius 1 is 0.932 bits per heavy atom. The van der Waals surface area contributed by atoms with Crippen LogP contribution in [0.15, 0.2) is 82.3 Å². The number of aryl methyl sites for hydroxylation is 2. The van der Waals surface area contributed by atoms with E-state index >= 15 is 0 Å². The first-order valence-corrected chi connectivity index (χ1v) is 15.4. The summed E-state index contributed by atoms with van der Waals surface area (Å²) in [4.78, 5) is 42.0. The van der Waals surface area contributed by atoms with Gasteiger partial charge in [-0.05, 0) is 82.3 Å².